The number of carboxylic acids is 1. The van der Waals surface area contributed by atoms with Crippen LogP contribution in [0.2, 0.25) is 0 Å². The van der Waals surface area contributed by atoms with E-state index in [0.717, 1.165) is 6.92 Å². The van der Waals surface area contributed by atoms with Gasteiger partial charge in [-0.15, -0.1) is 0 Å². The average Bonchev–Trinajstić information content (AvgIpc) is 1.54. The number of carbonyl (C=O) groups is 1. The lowest BCUT2D eigenvalue weighted by molar-refractivity contribution is -0.134. The van der Waals surface area contributed by atoms with Crippen LogP contribution in [-0.4, -0.2) is 25.5 Å². The zero-order chi connectivity index (χ0) is 10.7. The van der Waals surface area contributed by atoms with Crippen molar-refractivity contribution in [3.8, 4) is 0 Å². The lowest BCUT2D eigenvalue weighted by Crippen LogP contribution is -2.20. The minimum absolute atomic E-state index is 0.333. The van der Waals surface area contributed by atoms with E-state index in [9.17, 15) is 0 Å². The Bertz CT molecular complexity index is 203. The molecule has 0 rings (SSSR count). The molecule has 0 saturated heterocycles. The SMILES string of the molecule is CC(=O)O.N=C(N)N.N=S(=O)=O. The molecule has 7 N–H and O–H groups in total. The van der Waals surface area contributed by atoms with Crippen LogP contribution in [0.25, 0.3) is 0 Å². The molecule has 0 aromatic carbocycles. The highest BCUT2D eigenvalue weighted by Crippen LogP contribution is 1.42. The highest BCUT2D eigenvalue weighted by Gasteiger charge is 1.65. The van der Waals surface area contributed by atoms with Crippen LogP contribution < -0.4 is 11.5 Å². The predicted molar refractivity (Wildman–Crippen MR) is 41.1 cm³/mol. The van der Waals surface area contributed by atoms with Gasteiger partial charge in [0, 0.05) is 6.92 Å². The van der Waals surface area contributed by atoms with Gasteiger partial charge in [-0.3, -0.25) is 10.2 Å². The summed E-state index contributed by atoms with van der Waals surface area (Å²) in [5.41, 5.74) is 8.94. The summed E-state index contributed by atoms with van der Waals surface area (Å²) >= 11 is 0. The van der Waals surface area contributed by atoms with Gasteiger partial charge >= 0.3 is 10.5 Å². The van der Waals surface area contributed by atoms with Crippen molar-refractivity contribution in [1.82, 2.24) is 0 Å². The van der Waals surface area contributed by atoms with E-state index in [-0.39, 0.29) is 5.96 Å². The molecule has 0 fully saturated rings. The highest BCUT2D eigenvalue weighted by molar-refractivity contribution is 7.60. The summed E-state index contributed by atoms with van der Waals surface area (Å²) in [4.78, 5) is 9.00. The number of rotatable bonds is 0. The summed E-state index contributed by atoms with van der Waals surface area (Å²) in [7, 11) is -2.61. The summed E-state index contributed by atoms with van der Waals surface area (Å²) in [5.74, 6) is -1.17. The van der Waals surface area contributed by atoms with Crippen LogP contribution in [0.15, 0.2) is 0 Å². The van der Waals surface area contributed by atoms with Crippen LogP contribution in [0.3, 0.4) is 0 Å². The number of nitrogens with one attached hydrogen (secondary N) is 2. The first-order chi connectivity index (χ1) is 5.20. The molecular weight excluding hydrogens is 188 g/mol. The van der Waals surface area contributed by atoms with Gasteiger partial charge in [0.15, 0.2) is 5.96 Å². The van der Waals surface area contributed by atoms with E-state index in [2.05, 4.69) is 11.5 Å². The third-order valence-corrected chi connectivity index (χ3v) is 0. The fourth-order valence-electron chi connectivity index (χ4n) is 0. The number of hydrogen-bond acceptors (Lipinski definition) is 5. The molecule has 0 aliphatic carbocycles. The monoisotopic (exact) mass is 198 g/mol. The maximum absolute atomic E-state index is 9.00. The van der Waals surface area contributed by atoms with Gasteiger partial charge in [0.2, 0.25) is 0 Å². The Labute approximate surface area is 70.2 Å². The second-order valence-corrected chi connectivity index (χ2v) is 1.68. The Hall–Kier alpha value is -1.64. The van der Waals surface area contributed by atoms with E-state index < -0.39 is 16.5 Å². The molecule has 0 aliphatic rings. The minimum atomic E-state index is -2.61. The predicted octanol–water partition coefficient (Wildman–Crippen LogP) is -1.44. The average molecular weight is 198 g/mol. The van der Waals surface area contributed by atoms with Crippen molar-refractivity contribution in [3.05, 3.63) is 0 Å². The topological polar surface area (TPSA) is 171 Å². The third kappa shape index (κ3) is 168. The van der Waals surface area contributed by atoms with E-state index in [0.29, 0.717) is 0 Å². The number of aliphatic carboxylic acids is 1. The fraction of sp³-hybridized carbons (Fsp3) is 0.333. The molecule has 0 unspecified atom stereocenters. The van der Waals surface area contributed by atoms with Crippen LogP contribution in [0.4, 0.5) is 0 Å². The Morgan fingerprint density at radius 3 is 1.42 bits per heavy atom. The zero-order valence-corrected chi connectivity index (χ0v) is 7.05. The van der Waals surface area contributed by atoms with Gasteiger partial charge in [0.1, 0.15) is 0 Å². The summed E-state index contributed by atoms with van der Waals surface area (Å²) in [5, 5.41) is 13.5. The molecule has 0 saturated carbocycles. The number of hydrogen-bond donors (Lipinski definition) is 5. The fourth-order valence-corrected chi connectivity index (χ4v) is 0. The van der Waals surface area contributed by atoms with Gasteiger partial charge in [-0.1, -0.05) is 0 Å². The Balaban J connectivity index is -0.000000101. The largest absolute Gasteiger partial charge is 0.481 e. The molecule has 12 heavy (non-hydrogen) atoms. The Kier molecular flexibility index (Phi) is 16.9. The molecule has 0 amide bonds. The van der Waals surface area contributed by atoms with Gasteiger partial charge in [-0.05, 0) is 0 Å². The van der Waals surface area contributed by atoms with Crippen LogP contribution in [0.5, 0.6) is 0 Å². The first-order valence-corrected chi connectivity index (χ1v) is 3.37. The molecular formula is C3H10N4O4S. The second kappa shape index (κ2) is 12.1. The van der Waals surface area contributed by atoms with Crippen molar-refractivity contribution >= 4 is 22.4 Å². The summed E-state index contributed by atoms with van der Waals surface area (Å²) in [6, 6.07) is 0. The van der Waals surface area contributed by atoms with Crippen LogP contribution in [-0.2, 0) is 15.3 Å². The van der Waals surface area contributed by atoms with Crippen LogP contribution >= 0.6 is 0 Å². The van der Waals surface area contributed by atoms with Gasteiger partial charge < -0.3 is 16.6 Å². The minimum Gasteiger partial charge on any atom is -0.481 e. The van der Waals surface area contributed by atoms with Gasteiger partial charge in [-0.2, -0.15) is 13.2 Å². The smallest absolute Gasteiger partial charge is 0.308 e. The molecule has 0 bridgehead atoms. The first-order valence-electron chi connectivity index (χ1n) is 2.29. The Morgan fingerprint density at radius 1 is 1.42 bits per heavy atom. The van der Waals surface area contributed by atoms with Crippen molar-refractivity contribution in [3.63, 3.8) is 0 Å². The van der Waals surface area contributed by atoms with Crippen molar-refractivity contribution in [1.29, 1.82) is 10.2 Å². The Morgan fingerprint density at radius 2 is 1.42 bits per heavy atom. The molecule has 0 aromatic heterocycles. The first kappa shape index (κ1) is 16.8. The summed E-state index contributed by atoms with van der Waals surface area (Å²) < 4.78 is 22.8. The third-order valence-electron chi connectivity index (χ3n) is 0. The lowest BCUT2D eigenvalue weighted by atomic mass is 10.9. The van der Waals surface area contributed by atoms with Gasteiger partial charge in [0.25, 0.3) is 5.97 Å². The standard InChI is InChI=1S/C2H4O2.CH5N3.HNO2S/c1-2(3)4;2-1(3)4;1-4(2)3/h1H3,(H,3,4);(H5,2,3,4);1H. The molecule has 0 aromatic rings. The van der Waals surface area contributed by atoms with Gasteiger partial charge in [0.05, 0.1) is 0 Å². The molecule has 0 atom stereocenters. The quantitative estimate of drug-likeness (QED) is 0.235. The van der Waals surface area contributed by atoms with Crippen molar-refractivity contribution in [2.75, 3.05) is 0 Å². The number of nitrogens with two attached hydrogens (primary N) is 2. The molecule has 0 spiro atoms. The van der Waals surface area contributed by atoms with Crippen molar-refractivity contribution < 1.29 is 18.3 Å². The zero-order valence-electron chi connectivity index (χ0n) is 6.23. The summed E-state index contributed by atoms with van der Waals surface area (Å²) in [6.07, 6.45) is 0. The van der Waals surface area contributed by atoms with E-state index >= 15 is 0 Å². The summed E-state index contributed by atoms with van der Waals surface area (Å²) in [6.45, 7) is 1.08. The van der Waals surface area contributed by atoms with Gasteiger partial charge in [-0.25, -0.2) is 0 Å². The van der Waals surface area contributed by atoms with Crippen LogP contribution in [0, 0.1) is 10.2 Å². The van der Waals surface area contributed by atoms with Crippen molar-refractivity contribution in [2.45, 2.75) is 6.92 Å². The molecule has 0 aliphatic heterocycles. The number of guanidine groups is 1. The lowest BCUT2D eigenvalue weighted by Gasteiger charge is -1.69. The van der Waals surface area contributed by atoms with Crippen molar-refractivity contribution in [2.24, 2.45) is 11.5 Å². The van der Waals surface area contributed by atoms with E-state index in [4.69, 9.17) is 28.5 Å². The second-order valence-electron chi connectivity index (χ2n) is 1.21. The highest BCUT2D eigenvalue weighted by atomic mass is 32.2. The molecule has 8 nitrogen and oxygen atoms in total. The van der Waals surface area contributed by atoms with Crippen LogP contribution in [0.1, 0.15) is 6.92 Å². The van der Waals surface area contributed by atoms with E-state index in [1.807, 2.05) is 0 Å². The maximum Gasteiger partial charge on any atom is 0.308 e. The normalized spacial score (nSPS) is 6.08. The van der Waals surface area contributed by atoms with E-state index in [1.54, 1.807) is 0 Å². The van der Waals surface area contributed by atoms with E-state index in [1.165, 1.54) is 0 Å². The molecule has 0 heterocycles. The molecule has 72 valence electrons. The molecule has 9 heteroatoms. The number of carboxylic acid groups (broad SMARTS) is 1. The maximum atomic E-state index is 9.00. The molecule has 0 radical (unpaired) electrons.